The van der Waals surface area contributed by atoms with Gasteiger partial charge in [0.05, 0.1) is 21.9 Å². The number of benzene rings is 1. The van der Waals surface area contributed by atoms with Gasteiger partial charge >= 0.3 is 5.97 Å². The molecule has 9 heteroatoms. The number of carbonyl (C=O) groups excluding carboxylic acids is 4. The van der Waals surface area contributed by atoms with Gasteiger partial charge in [0.1, 0.15) is 6.04 Å². The molecule has 7 nitrogen and oxygen atoms in total. The summed E-state index contributed by atoms with van der Waals surface area (Å²) in [7, 11) is 0. The number of ether oxygens (including phenoxy) is 1. The Labute approximate surface area is 177 Å². The van der Waals surface area contributed by atoms with Crippen molar-refractivity contribution in [3.05, 3.63) is 28.2 Å². The molecule has 3 amide bonds. The summed E-state index contributed by atoms with van der Waals surface area (Å²) in [6.45, 7) is 0.912. The molecule has 0 radical (unpaired) electrons. The van der Waals surface area contributed by atoms with E-state index in [4.69, 9.17) is 27.9 Å². The lowest BCUT2D eigenvalue weighted by Crippen LogP contribution is -2.45. The molecule has 2 saturated carbocycles. The fourth-order valence-electron chi connectivity index (χ4n) is 4.95. The minimum absolute atomic E-state index is 0.242. The third-order valence-electron chi connectivity index (χ3n) is 6.24. The number of anilines is 1. The number of halogens is 2. The molecule has 3 aliphatic rings. The maximum atomic E-state index is 12.8. The Bertz CT molecular complexity index is 877. The van der Waals surface area contributed by atoms with Crippen molar-refractivity contribution >= 4 is 52.6 Å². The number of hydrogen-bond acceptors (Lipinski definition) is 5. The van der Waals surface area contributed by atoms with Crippen LogP contribution in [0.4, 0.5) is 5.69 Å². The van der Waals surface area contributed by atoms with Crippen LogP contribution in [-0.2, 0) is 23.9 Å². The summed E-state index contributed by atoms with van der Waals surface area (Å²) in [6.07, 6.45) is 2.85. The second-order valence-corrected chi connectivity index (χ2v) is 8.71. The van der Waals surface area contributed by atoms with E-state index in [0.717, 1.165) is 24.2 Å². The molecule has 0 aromatic heterocycles. The predicted molar refractivity (Wildman–Crippen MR) is 105 cm³/mol. The van der Waals surface area contributed by atoms with Crippen molar-refractivity contribution in [3.63, 3.8) is 0 Å². The highest BCUT2D eigenvalue weighted by atomic mass is 35.5. The normalized spacial score (nSPS) is 28.4. The summed E-state index contributed by atoms with van der Waals surface area (Å²) in [6, 6.07) is 3.51. The fourth-order valence-corrected chi connectivity index (χ4v) is 5.25. The van der Waals surface area contributed by atoms with Crippen LogP contribution >= 0.6 is 23.2 Å². The fraction of sp³-hybridized carbons (Fsp3) is 0.500. The van der Waals surface area contributed by atoms with Gasteiger partial charge in [-0.05, 0) is 56.2 Å². The molecule has 1 N–H and O–H groups in total. The topological polar surface area (TPSA) is 92.8 Å². The van der Waals surface area contributed by atoms with E-state index in [0.29, 0.717) is 10.7 Å². The first kappa shape index (κ1) is 20.2. The highest BCUT2D eigenvalue weighted by Crippen LogP contribution is 2.56. The van der Waals surface area contributed by atoms with Gasteiger partial charge in [0.25, 0.3) is 5.91 Å². The Morgan fingerprint density at radius 2 is 1.76 bits per heavy atom. The predicted octanol–water partition coefficient (Wildman–Crippen LogP) is 2.89. The van der Waals surface area contributed by atoms with Gasteiger partial charge in [-0.15, -0.1) is 0 Å². The summed E-state index contributed by atoms with van der Waals surface area (Å²) in [5, 5.41) is 3.17. The molecule has 2 bridgehead atoms. The van der Waals surface area contributed by atoms with Gasteiger partial charge in [0, 0.05) is 5.69 Å². The van der Waals surface area contributed by atoms with Gasteiger partial charge in [-0.3, -0.25) is 19.3 Å². The third-order valence-corrected chi connectivity index (χ3v) is 6.98. The van der Waals surface area contributed by atoms with Crippen LogP contribution < -0.4 is 5.32 Å². The number of rotatable bonds is 5. The molecule has 3 fully saturated rings. The van der Waals surface area contributed by atoms with Crippen LogP contribution in [0.3, 0.4) is 0 Å². The van der Waals surface area contributed by atoms with E-state index in [1.165, 1.54) is 19.1 Å². The van der Waals surface area contributed by atoms with Crippen molar-refractivity contribution in [1.82, 2.24) is 4.90 Å². The zero-order valence-corrected chi connectivity index (χ0v) is 17.2. The minimum atomic E-state index is -1.06. The first-order chi connectivity index (χ1) is 13.8. The number of nitrogens with one attached hydrogen (secondary N) is 1. The van der Waals surface area contributed by atoms with Gasteiger partial charge in [0.2, 0.25) is 11.8 Å². The van der Waals surface area contributed by atoms with E-state index in [-0.39, 0.29) is 40.5 Å². The quantitative estimate of drug-likeness (QED) is 0.563. The maximum absolute atomic E-state index is 12.8. The summed E-state index contributed by atoms with van der Waals surface area (Å²) in [5.41, 5.74) is 0.404. The van der Waals surface area contributed by atoms with Gasteiger partial charge < -0.3 is 10.1 Å². The minimum Gasteiger partial charge on any atom is -0.454 e. The van der Waals surface area contributed by atoms with E-state index in [1.807, 2.05) is 0 Å². The standard InChI is InChI=1S/C20H20Cl2N2O5/c1-9(24-18(26)16-10-2-3-11(6-10)17(16)19(24)27)20(28)29-8-15(25)23-12-4-5-13(21)14(22)7-12/h4-5,7,9-11,16-17H,2-3,6,8H2,1H3,(H,23,25)/t9-,10+,11+,16+,17+/m1/s1. The van der Waals surface area contributed by atoms with Crippen molar-refractivity contribution in [3.8, 4) is 0 Å². The van der Waals surface area contributed by atoms with Crippen molar-refractivity contribution in [1.29, 1.82) is 0 Å². The third kappa shape index (κ3) is 3.51. The maximum Gasteiger partial charge on any atom is 0.329 e. The molecular weight excluding hydrogens is 419 g/mol. The molecule has 2 aliphatic carbocycles. The zero-order chi connectivity index (χ0) is 20.9. The lowest BCUT2D eigenvalue weighted by Gasteiger charge is -2.23. The molecule has 0 unspecified atom stereocenters. The Morgan fingerprint density at radius 3 is 2.34 bits per heavy atom. The van der Waals surface area contributed by atoms with Crippen LogP contribution in [-0.4, -0.2) is 41.2 Å². The second kappa shape index (κ2) is 7.61. The monoisotopic (exact) mass is 438 g/mol. The number of esters is 1. The molecule has 0 spiro atoms. The molecule has 1 aliphatic heterocycles. The van der Waals surface area contributed by atoms with Gasteiger partial charge in [-0.25, -0.2) is 4.79 Å². The molecule has 1 aromatic rings. The molecule has 1 heterocycles. The summed E-state index contributed by atoms with van der Waals surface area (Å²) in [5.74, 6) is -2.03. The number of amides is 3. The Kier molecular flexibility index (Phi) is 5.29. The van der Waals surface area contributed by atoms with E-state index in [1.54, 1.807) is 6.07 Å². The van der Waals surface area contributed by atoms with Crippen molar-refractivity contribution in [2.45, 2.75) is 32.2 Å². The second-order valence-electron chi connectivity index (χ2n) is 7.89. The van der Waals surface area contributed by atoms with Crippen LogP contribution in [0.1, 0.15) is 26.2 Å². The van der Waals surface area contributed by atoms with E-state index in [2.05, 4.69) is 5.32 Å². The van der Waals surface area contributed by atoms with E-state index in [9.17, 15) is 19.2 Å². The first-order valence-corrected chi connectivity index (χ1v) is 10.3. The van der Waals surface area contributed by atoms with Crippen LogP contribution in [0.15, 0.2) is 18.2 Å². The lowest BCUT2D eigenvalue weighted by molar-refractivity contribution is -0.159. The van der Waals surface area contributed by atoms with Crippen LogP contribution in [0.5, 0.6) is 0 Å². The average molecular weight is 439 g/mol. The molecule has 5 atom stereocenters. The number of likely N-dealkylation sites (tertiary alicyclic amines) is 1. The van der Waals surface area contributed by atoms with E-state index < -0.39 is 24.5 Å². The number of imide groups is 1. The zero-order valence-electron chi connectivity index (χ0n) is 15.7. The van der Waals surface area contributed by atoms with Gasteiger partial charge in [0.15, 0.2) is 6.61 Å². The molecule has 4 rings (SSSR count). The van der Waals surface area contributed by atoms with Crippen LogP contribution in [0.2, 0.25) is 10.0 Å². The van der Waals surface area contributed by atoms with Crippen molar-refractivity contribution < 1.29 is 23.9 Å². The molecule has 1 saturated heterocycles. The Balaban J connectivity index is 1.34. The van der Waals surface area contributed by atoms with Gasteiger partial charge in [-0.1, -0.05) is 23.2 Å². The first-order valence-electron chi connectivity index (χ1n) is 9.56. The Hall–Kier alpha value is -2.12. The van der Waals surface area contributed by atoms with Crippen LogP contribution in [0, 0.1) is 23.7 Å². The molecule has 1 aromatic carbocycles. The molecule has 29 heavy (non-hydrogen) atoms. The summed E-state index contributed by atoms with van der Waals surface area (Å²) in [4.78, 5) is 51.0. The van der Waals surface area contributed by atoms with Crippen molar-refractivity contribution in [2.75, 3.05) is 11.9 Å². The highest BCUT2D eigenvalue weighted by molar-refractivity contribution is 6.42. The van der Waals surface area contributed by atoms with Crippen molar-refractivity contribution in [2.24, 2.45) is 23.7 Å². The molecule has 154 valence electrons. The number of nitrogens with zero attached hydrogens (tertiary/aromatic N) is 1. The van der Waals surface area contributed by atoms with E-state index >= 15 is 0 Å². The number of hydrogen-bond donors (Lipinski definition) is 1. The SMILES string of the molecule is C[C@H](C(=O)OCC(=O)Nc1ccc(Cl)c(Cl)c1)N1C(=O)[C@H]2[C@H]3CC[C@@H](C3)[C@@H]2C1=O. The molecular formula is C20H20Cl2N2O5. The average Bonchev–Trinajstić information content (AvgIpc) is 3.36. The lowest BCUT2D eigenvalue weighted by atomic mass is 9.81. The van der Waals surface area contributed by atoms with Gasteiger partial charge in [-0.2, -0.15) is 0 Å². The summed E-state index contributed by atoms with van der Waals surface area (Å²) < 4.78 is 5.04. The smallest absolute Gasteiger partial charge is 0.329 e. The Morgan fingerprint density at radius 1 is 1.14 bits per heavy atom. The highest BCUT2D eigenvalue weighted by Gasteiger charge is 2.62. The van der Waals surface area contributed by atoms with Crippen LogP contribution in [0.25, 0.3) is 0 Å². The summed E-state index contributed by atoms with van der Waals surface area (Å²) >= 11 is 11.7. The number of carbonyl (C=O) groups is 4. The number of fused-ring (bicyclic) bond motifs is 5. The largest absolute Gasteiger partial charge is 0.454 e.